The van der Waals surface area contributed by atoms with Crippen LogP contribution in [-0.2, 0) is 4.74 Å². The molecule has 106 valence electrons. The number of likely N-dealkylation sites (tertiary alicyclic amines) is 1. The molecule has 0 aromatic rings. The lowest BCUT2D eigenvalue weighted by atomic mass is 9.90. The lowest BCUT2D eigenvalue weighted by Gasteiger charge is -2.35. The third kappa shape index (κ3) is 3.46. The van der Waals surface area contributed by atoms with E-state index in [-0.39, 0.29) is 0 Å². The summed E-state index contributed by atoms with van der Waals surface area (Å²) in [5, 5.41) is 3.59. The van der Waals surface area contributed by atoms with Crippen LogP contribution in [0.5, 0.6) is 0 Å². The van der Waals surface area contributed by atoms with E-state index in [4.69, 9.17) is 4.74 Å². The smallest absolute Gasteiger partial charge is 0.0505 e. The summed E-state index contributed by atoms with van der Waals surface area (Å²) in [7, 11) is 1.83. The van der Waals surface area contributed by atoms with E-state index in [1.54, 1.807) is 0 Å². The molecule has 1 saturated heterocycles. The highest BCUT2D eigenvalue weighted by molar-refractivity contribution is 4.89. The van der Waals surface area contributed by atoms with Crippen LogP contribution in [0.2, 0.25) is 0 Å². The molecule has 0 radical (unpaired) electrons. The zero-order chi connectivity index (χ0) is 13.0. The Hall–Kier alpha value is -0.120. The number of ether oxygens (including phenoxy) is 1. The predicted octanol–water partition coefficient (Wildman–Crippen LogP) is 2.12. The van der Waals surface area contributed by atoms with Crippen LogP contribution in [0.1, 0.15) is 39.5 Å². The zero-order valence-corrected chi connectivity index (χ0v) is 12.3. The third-order valence-electron chi connectivity index (χ3n) is 4.88. The van der Waals surface area contributed by atoms with Gasteiger partial charge in [-0.25, -0.2) is 0 Å². The van der Waals surface area contributed by atoms with E-state index in [1.807, 2.05) is 7.11 Å². The summed E-state index contributed by atoms with van der Waals surface area (Å²) in [6.07, 6.45) is 5.48. The monoisotopic (exact) mass is 254 g/mol. The van der Waals surface area contributed by atoms with Crippen LogP contribution < -0.4 is 5.32 Å². The molecule has 2 atom stereocenters. The highest BCUT2D eigenvalue weighted by Gasteiger charge is 2.34. The highest BCUT2D eigenvalue weighted by atomic mass is 16.5. The molecule has 0 spiro atoms. The van der Waals surface area contributed by atoms with Gasteiger partial charge in [-0.1, -0.05) is 13.8 Å². The van der Waals surface area contributed by atoms with Crippen molar-refractivity contribution in [3.63, 3.8) is 0 Å². The molecule has 1 heterocycles. The Kier molecular flexibility index (Phi) is 5.46. The molecule has 0 bridgehead atoms. The van der Waals surface area contributed by atoms with Gasteiger partial charge in [-0.3, -0.25) is 4.90 Å². The average Bonchev–Trinajstić information content (AvgIpc) is 2.73. The number of hydrogen-bond acceptors (Lipinski definition) is 3. The van der Waals surface area contributed by atoms with Gasteiger partial charge in [0.2, 0.25) is 0 Å². The summed E-state index contributed by atoms with van der Waals surface area (Å²) in [6, 6.07) is 1.62. The van der Waals surface area contributed by atoms with Gasteiger partial charge >= 0.3 is 0 Å². The molecular weight excluding hydrogens is 224 g/mol. The number of methoxy groups -OCH3 is 1. The molecule has 0 aromatic heterocycles. The van der Waals surface area contributed by atoms with E-state index in [9.17, 15) is 0 Å². The van der Waals surface area contributed by atoms with Crippen molar-refractivity contribution in [2.24, 2.45) is 11.8 Å². The molecule has 0 aromatic carbocycles. The van der Waals surface area contributed by atoms with Crippen LogP contribution in [-0.4, -0.2) is 50.3 Å². The van der Waals surface area contributed by atoms with E-state index in [0.717, 1.165) is 37.1 Å². The zero-order valence-electron chi connectivity index (χ0n) is 12.3. The molecule has 1 saturated carbocycles. The standard InChI is InChI=1S/C15H30N2O/c1-4-16-14-5-7-15(8-6-14)17-9-12(2)13(10-17)11-18-3/h12-16H,4-11H2,1-3H3. The van der Waals surface area contributed by atoms with Gasteiger partial charge in [0.1, 0.15) is 0 Å². The molecule has 2 rings (SSSR count). The number of hydrogen-bond donors (Lipinski definition) is 1. The largest absolute Gasteiger partial charge is 0.384 e. The summed E-state index contributed by atoms with van der Waals surface area (Å²) in [6.45, 7) is 9.18. The summed E-state index contributed by atoms with van der Waals surface area (Å²) < 4.78 is 5.34. The lowest BCUT2D eigenvalue weighted by molar-refractivity contribution is 0.130. The van der Waals surface area contributed by atoms with Crippen LogP contribution >= 0.6 is 0 Å². The second-order valence-corrected chi connectivity index (χ2v) is 6.21. The fourth-order valence-corrected chi connectivity index (χ4v) is 3.74. The van der Waals surface area contributed by atoms with Crippen molar-refractivity contribution >= 4 is 0 Å². The normalized spacial score (nSPS) is 38.2. The van der Waals surface area contributed by atoms with Gasteiger partial charge in [0.15, 0.2) is 0 Å². The first kappa shape index (κ1) is 14.3. The molecule has 18 heavy (non-hydrogen) atoms. The maximum atomic E-state index is 5.34. The minimum Gasteiger partial charge on any atom is -0.384 e. The summed E-state index contributed by atoms with van der Waals surface area (Å²) in [5.41, 5.74) is 0. The van der Waals surface area contributed by atoms with Crippen LogP contribution in [0.3, 0.4) is 0 Å². The highest BCUT2D eigenvalue weighted by Crippen LogP contribution is 2.30. The Labute approximate surface area is 112 Å². The molecule has 3 nitrogen and oxygen atoms in total. The molecule has 1 aliphatic carbocycles. The van der Waals surface area contributed by atoms with Gasteiger partial charge in [-0.15, -0.1) is 0 Å². The molecule has 2 fully saturated rings. The van der Waals surface area contributed by atoms with E-state index >= 15 is 0 Å². The topological polar surface area (TPSA) is 24.5 Å². The SMILES string of the molecule is CCNC1CCC(N2CC(C)C(COC)C2)CC1. The number of nitrogens with one attached hydrogen (secondary N) is 1. The van der Waals surface area contributed by atoms with E-state index < -0.39 is 0 Å². The third-order valence-corrected chi connectivity index (χ3v) is 4.88. The molecule has 2 aliphatic rings. The van der Waals surface area contributed by atoms with Crippen LogP contribution in [0, 0.1) is 11.8 Å². The fourth-order valence-electron chi connectivity index (χ4n) is 3.74. The van der Waals surface area contributed by atoms with Crippen molar-refractivity contribution in [2.45, 2.75) is 51.6 Å². The maximum Gasteiger partial charge on any atom is 0.0505 e. The molecule has 1 N–H and O–H groups in total. The van der Waals surface area contributed by atoms with Gasteiger partial charge in [0.05, 0.1) is 6.61 Å². The molecule has 1 aliphatic heterocycles. The second kappa shape index (κ2) is 6.88. The van der Waals surface area contributed by atoms with Gasteiger partial charge in [-0.05, 0) is 44.1 Å². The summed E-state index contributed by atoms with van der Waals surface area (Å²) in [5.74, 6) is 1.55. The molecule has 2 unspecified atom stereocenters. The number of rotatable bonds is 5. The van der Waals surface area contributed by atoms with Crippen molar-refractivity contribution < 1.29 is 4.74 Å². The van der Waals surface area contributed by atoms with Gasteiger partial charge < -0.3 is 10.1 Å². The quantitative estimate of drug-likeness (QED) is 0.813. The first-order valence-electron chi connectivity index (χ1n) is 7.71. The van der Waals surface area contributed by atoms with Crippen molar-refractivity contribution in [1.82, 2.24) is 10.2 Å². The predicted molar refractivity (Wildman–Crippen MR) is 75.8 cm³/mol. The Morgan fingerprint density at radius 2 is 1.89 bits per heavy atom. The van der Waals surface area contributed by atoms with Crippen molar-refractivity contribution in [3.8, 4) is 0 Å². The van der Waals surface area contributed by atoms with Crippen molar-refractivity contribution in [1.29, 1.82) is 0 Å². The second-order valence-electron chi connectivity index (χ2n) is 6.21. The van der Waals surface area contributed by atoms with Crippen molar-refractivity contribution in [3.05, 3.63) is 0 Å². The molecular formula is C15H30N2O. The van der Waals surface area contributed by atoms with Gasteiger partial charge in [0.25, 0.3) is 0 Å². The molecule has 3 heteroatoms. The summed E-state index contributed by atoms with van der Waals surface area (Å²) in [4.78, 5) is 2.73. The Morgan fingerprint density at radius 1 is 1.17 bits per heavy atom. The van der Waals surface area contributed by atoms with Crippen LogP contribution in [0.25, 0.3) is 0 Å². The fraction of sp³-hybridized carbons (Fsp3) is 1.00. The number of nitrogens with zero attached hydrogens (tertiary/aromatic N) is 1. The van der Waals surface area contributed by atoms with Crippen LogP contribution in [0.15, 0.2) is 0 Å². The van der Waals surface area contributed by atoms with E-state index in [2.05, 4.69) is 24.1 Å². The van der Waals surface area contributed by atoms with Gasteiger partial charge in [-0.2, -0.15) is 0 Å². The first-order valence-corrected chi connectivity index (χ1v) is 7.71. The first-order chi connectivity index (χ1) is 8.74. The Bertz CT molecular complexity index is 239. The maximum absolute atomic E-state index is 5.34. The Morgan fingerprint density at radius 3 is 2.50 bits per heavy atom. The van der Waals surface area contributed by atoms with Crippen LogP contribution in [0.4, 0.5) is 0 Å². The minimum absolute atomic E-state index is 0.751. The lowest BCUT2D eigenvalue weighted by Crippen LogP contribution is -2.41. The van der Waals surface area contributed by atoms with Gasteiger partial charge in [0, 0.05) is 32.3 Å². The molecule has 0 amide bonds. The average molecular weight is 254 g/mol. The van der Waals surface area contributed by atoms with E-state index in [0.29, 0.717) is 0 Å². The minimum atomic E-state index is 0.751. The Balaban J connectivity index is 1.77. The van der Waals surface area contributed by atoms with Crippen molar-refractivity contribution in [2.75, 3.05) is 33.4 Å². The summed E-state index contributed by atoms with van der Waals surface area (Å²) >= 11 is 0. The van der Waals surface area contributed by atoms with E-state index in [1.165, 1.54) is 38.8 Å².